The number of carbonyl (C=O) groups excluding carboxylic acids is 2. The topological polar surface area (TPSA) is 75.9 Å². The number of hydrogen-bond acceptors (Lipinski definition) is 4. The lowest BCUT2D eigenvalue weighted by Crippen LogP contribution is -2.51. The van der Waals surface area contributed by atoms with Crippen molar-refractivity contribution >= 4 is 11.8 Å². The number of rotatable bonds is 6. The van der Waals surface area contributed by atoms with E-state index < -0.39 is 0 Å². The molecule has 2 heterocycles. The van der Waals surface area contributed by atoms with Gasteiger partial charge in [0.05, 0.1) is 13.2 Å². The van der Waals surface area contributed by atoms with Gasteiger partial charge in [-0.2, -0.15) is 0 Å². The Morgan fingerprint density at radius 3 is 2.57 bits per heavy atom. The second-order valence-corrected chi connectivity index (χ2v) is 5.78. The van der Waals surface area contributed by atoms with Crippen LogP contribution in [0.5, 0.6) is 0 Å². The van der Waals surface area contributed by atoms with Crippen molar-refractivity contribution < 1.29 is 14.3 Å². The molecule has 0 spiro atoms. The Morgan fingerprint density at radius 1 is 1.10 bits per heavy atom. The van der Waals surface area contributed by atoms with Crippen LogP contribution in [-0.4, -0.2) is 67.0 Å². The molecule has 2 N–H and O–H groups in total. The van der Waals surface area contributed by atoms with Gasteiger partial charge >= 0.3 is 0 Å². The number of nitrogens with zero attached hydrogens (tertiary/aromatic N) is 2. The predicted octanol–water partition coefficient (Wildman–Crippen LogP) is 0.355. The summed E-state index contributed by atoms with van der Waals surface area (Å²) in [5.74, 6) is 0.224. The number of amides is 2. The fourth-order valence-electron chi connectivity index (χ4n) is 3.06. The van der Waals surface area contributed by atoms with Crippen molar-refractivity contribution in [1.29, 1.82) is 0 Å². The minimum atomic E-state index is -0.245. The van der Waals surface area contributed by atoms with Gasteiger partial charge in [-0.3, -0.25) is 9.59 Å². The van der Waals surface area contributed by atoms with E-state index in [4.69, 9.17) is 10.5 Å². The van der Waals surface area contributed by atoms with E-state index in [9.17, 15) is 9.59 Å². The Balaban J connectivity index is 1.83. The number of unbranched alkanes of at least 4 members (excludes halogenated alkanes) is 2. The lowest BCUT2D eigenvalue weighted by atomic mass is 10.1. The van der Waals surface area contributed by atoms with Gasteiger partial charge in [-0.15, -0.1) is 0 Å². The lowest BCUT2D eigenvalue weighted by molar-refractivity contribution is -0.146. The van der Waals surface area contributed by atoms with Crippen molar-refractivity contribution in [1.82, 2.24) is 9.80 Å². The zero-order valence-electron chi connectivity index (χ0n) is 12.8. The predicted molar refractivity (Wildman–Crippen MR) is 79.7 cm³/mol. The summed E-state index contributed by atoms with van der Waals surface area (Å²) in [6.45, 7) is 3.89. The van der Waals surface area contributed by atoms with Gasteiger partial charge in [-0.25, -0.2) is 0 Å². The van der Waals surface area contributed by atoms with Crippen LogP contribution in [-0.2, 0) is 14.3 Å². The molecule has 0 radical (unpaired) electrons. The van der Waals surface area contributed by atoms with Crippen molar-refractivity contribution in [2.75, 3.05) is 39.4 Å². The number of carbonyl (C=O) groups is 2. The fourth-order valence-corrected chi connectivity index (χ4v) is 3.06. The van der Waals surface area contributed by atoms with E-state index in [0.29, 0.717) is 39.3 Å². The molecule has 2 saturated heterocycles. The van der Waals surface area contributed by atoms with Crippen molar-refractivity contribution in [3.05, 3.63) is 0 Å². The number of hydrogen-bond donors (Lipinski definition) is 1. The molecule has 2 rings (SSSR count). The van der Waals surface area contributed by atoms with Crippen LogP contribution in [0.1, 0.15) is 38.5 Å². The molecule has 1 atom stereocenters. The molecule has 0 bridgehead atoms. The highest BCUT2D eigenvalue weighted by atomic mass is 16.5. The highest BCUT2D eigenvalue weighted by molar-refractivity contribution is 5.88. The van der Waals surface area contributed by atoms with Crippen LogP contribution in [0.15, 0.2) is 0 Å². The Kier molecular flexibility index (Phi) is 6.45. The van der Waals surface area contributed by atoms with Crippen LogP contribution in [0.3, 0.4) is 0 Å². The summed E-state index contributed by atoms with van der Waals surface area (Å²) in [4.78, 5) is 28.5. The third-order valence-corrected chi connectivity index (χ3v) is 4.28. The zero-order chi connectivity index (χ0) is 15.1. The Hall–Kier alpha value is -1.14. The molecule has 6 nitrogen and oxygen atoms in total. The van der Waals surface area contributed by atoms with Crippen molar-refractivity contribution in [2.24, 2.45) is 5.73 Å². The van der Waals surface area contributed by atoms with Gasteiger partial charge in [-0.05, 0) is 32.2 Å². The first kappa shape index (κ1) is 16.2. The molecular weight excluding hydrogens is 270 g/mol. The van der Waals surface area contributed by atoms with Crippen LogP contribution in [0.2, 0.25) is 0 Å². The van der Waals surface area contributed by atoms with Crippen molar-refractivity contribution in [3.8, 4) is 0 Å². The monoisotopic (exact) mass is 297 g/mol. The molecule has 21 heavy (non-hydrogen) atoms. The molecule has 2 amide bonds. The molecule has 2 aliphatic rings. The van der Waals surface area contributed by atoms with Gasteiger partial charge < -0.3 is 20.3 Å². The summed E-state index contributed by atoms with van der Waals surface area (Å²) in [5.41, 5.74) is 5.46. The van der Waals surface area contributed by atoms with E-state index in [2.05, 4.69) is 0 Å². The third-order valence-electron chi connectivity index (χ3n) is 4.28. The number of likely N-dealkylation sites (tertiary alicyclic amines) is 1. The van der Waals surface area contributed by atoms with Gasteiger partial charge in [0.25, 0.3) is 0 Å². The van der Waals surface area contributed by atoms with Gasteiger partial charge in [0.2, 0.25) is 11.8 Å². The third kappa shape index (κ3) is 4.41. The molecule has 0 aromatic heterocycles. The average Bonchev–Trinajstić information content (AvgIpc) is 3.01. The largest absolute Gasteiger partial charge is 0.378 e. The van der Waals surface area contributed by atoms with Gasteiger partial charge in [0.1, 0.15) is 6.04 Å². The summed E-state index contributed by atoms with van der Waals surface area (Å²) in [5, 5.41) is 0. The van der Waals surface area contributed by atoms with Crippen LogP contribution in [0, 0.1) is 0 Å². The number of morpholine rings is 1. The van der Waals surface area contributed by atoms with E-state index in [-0.39, 0.29) is 17.9 Å². The average molecular weight is 297 g/mol. The van der Waals surface area contributed by atoms with Crippen LogP contribution < -0.4 is 5.73 Å². The molecule has 0 saturated carbocycles. The summed E-state index contributed by atoms with van der Waals surface area (Å²) in [7, 11) is 0. The molecule has 2 aliphatic heterocycles. The van der Waals surface area contributed by atoms with E-state index in [0.717, 1.165) is 38.6 Å². The van der Waals surface area contributed by atoms with Crippen LogP contribution in [0.4, 0.5) is 0 Å². The van der Waals surface area contributed by atoms with Gasteiger partial charge in [0, 0.05) is 26.1 Å². The first-order valence-corrected chi connectivity index (χ1v) is 8.10. The second kappa shape index (κ2) is 8.34. The first-order valence-electron chi connectivity index (χ1n) is 8.10. The van der Waals surface area contributed by atoms with Crippen molar-refractivity contribution in [3.63, 3.8) is 0 Å². The molecule has 0 aromatic rings. The molecule has 2 fully saturated rings. The van der Waals surface area contributed by atoms with Crippen molar-refractivity contribution in [2.45, 2.75) is 44.6 Å². The standard InChI is InChI=1S/C15H27N3O3/c16-7-3-1-2-6-14(19)18-8-4-5-13(18)15(20)17-9-11-21-12-10-17/h13H,1-12,16H2. The molecule has 0 aromatic carbocycles. The molecule has 120 valence electrons. The molecule has 6 heteroatoms. The fraction of sp³-hybridized carbons (Fsp3) is 0.867. The minimum absolute atomic E-state index is 0.103. The Morgan fingerprint density at radius 2 is 1.86 bits per heavy atom. The first-order chi connectivity index (χ1) is 10.2. The van der Waals surface area contributed by atoms with Crippen LogP contribution in [0.25, 0.3) is 0 Å². The minimum Gasteiger partial charge on any atom is -0.378 e. The summed E-state index contributed by atoms with van der Waals surface area (Å²) >= 11 is 0. The lowest BCUT2D eigenvalue weighted by Gasteiger charge is -2.32. The SMILES string of the molecule is NCCCCCC(=O)N1CCCC1C(=O)N1CCOCC1. The van der Waals surface area contributed by atoms with E-state index >= 15 is 0 Å². The maximum Gasteiger partial charge on any atom is 0.245 e. The van der Waals surface area contributed by atoms with E-state index in [1.54, 1.807) is 4.90 Å². The molecule has 0 aliphatic carbocycles. The highest BCUT2D eigenvalue weighted by Gasteiger charge is 2.36. The van der Waals surface area contributed by atoms with E-state index in [1.165, 1.54) is 0 Å². The maximum atomic E-state index is 12.6. The Labute approximate surface area is 126 Å². The van der Waals surface area contributed by atoms with Gasteiger partial charge in [-0.1, -0.05) is 6.42 Å². The zero-order valence-corrected chi connectivity index (χ0v) is 12.8. The maximum absolute atomic E-state index is 12.6. The smallest absolute Gasteiger partial charge is 0.245 e. The summed E-state index contributed by atoms with van der Waals surface area (Å²) in [6, 6.07) is -0.245. The number of nitrogens with two attached hydrogens (primary N) is 1. The highest BCUT2D eigenvalue weighted by Crippen LogP contribution is 2.21. The normalized spacial score (nSPS) is 22.6. The summed E-state index contributed by atoms with van der Waals surface area (Å²) in [6.07, 6.45) is 5.07. The Bertz CT molecular complexity index is 356. The van der Waals surface area contributed by atoms with E-state index in [1.807, 2.05) is 4.90 Å². The molecule has 1 unspecified atom stereocenters. The quantitative estimate of drug-likeness (QED) is 0.718. The molecular formula is C15H27N3O3. The number of ether oxygens (including phenoxy) is 1. The van der Waals surface area contributed by atoms with Crippen LogP contribution >= 0.6 is 0 Å². The second-order valence-electron chi connectivity index (χ2n) is 5.78. The van der Waals surface area contributed by atoms with Gasteiger partial charge in [0.15, 0.2) is 0 Å². The summed E-state index contributed by atoms with van der Waals surface area (Å²) < 4.78 is 5.28.